The number of carbonyl (C=O) groups is 1. The minimum Gasteiger partial charge on any atom is -0.508 e. The molecule has 2 atom stereocenters. The Morgan fingerprint density at radius 2 is 2.00 bits per heavy atom. The van der Waals surface area contributed by atoms with Crippen LogP contribution in [0.15, 0.2) is 18.2 Å². The highest BCUT2D eigenvalue weighted by molar-refractivity contribution is 5.77. The van der Waals surface area contributed by atoms with E-state index in [2.05, 4.69) is 20.8 Å². The lowest BCUT2D eigenvalue weighted by Crippen LogP contribution is -2.42. The lowest BCUT2D eigenvalue weighted by molar-refractivity contribution is -0.137. The molecule has 0 saturated carbocycles. The minimum atomic E-state index is -0.489. The molecule has 1 amide bonds. The molecule has 1 saturated heterocycles. The van der Waals surface area contributed by atoms with Gasteiger partial charge in [0.2, 0.25) is 5.91 Å². The van der Waals surface area contributed by atoms with Gasteiger partial charge in [-0.2, -0.15) is 0 Å². The average Bonchev–Trinajstić information content (AvgIpc) is 2.65. The molecule has 158 valence electrons. The Balaban J connectivity index is 2.20. The first kappa shape index (κ1) is 22.7. The van der Waals surface area contributed by atoms with Crippen LogP contribution in [0.3, 0.4) is 0 Å². The van der Waals surface area contributed by atoms with Crippen LogP contribution in [0.2, 0.25) is 0 Å². The molecule has 1 aliphatic rings. The highest BCUT2D eigenvalue weighted by atomic mass is 16.3. The fraction of sp³-hybridized carbons (Fsp3) is 0.696. The van der Waals surface area contributed by atoms with Crippen molar-refractivity contribution in [1.82, 2.24) is 4.90 Å². The number of amides is 1. The van der Waals surface area contributed by atoms with Gasteiger partial charge in [-0.15, -0.1) is 0 Å². The van der Waals surface area contributed by atoms with Crippen LogP contribution in [0.5, 0.6) is 5.75 Å². The Kier molecular flexibility index (Phi) is 8.32. The van der Waals surface area contributed by atoms with Crippen molar-refractivity contribution in [3.05, 3.63) is 29.3 Å². The molecule has 1 aromatic carbocycles. The van der Waals surface area contributed by atoms with Gasteiger partial charge in [-0.05, 0) is 36.3 Å². The van der Waals surface area contributed by atoms with E-state index >= 15 is 0 Å². The number of aliphatic hydroxyl groups excluding tert-OH is 2. The summed E-state index contributed by atoms with van der Waals surface area (Å²) in [7, 11) is 0. The number of piperidine rings is 1. The third kappa shape index (κ3) is 5.71. The number of likely N-dealkylation sites (tertiary alicyclic amines) is 1. The van der Waals surface area contributed by atoms with Gasteiger partial charge in [0.05, 0.1) is 18.8 Å². The minimum absolute atomic E-state index is 0.0256. The second-order valence-corrected chi connectivity index (χ2v) is 8.72. The molecule has 5 nitrogen and oxygen atoms in total. The molecule has 1 fully saturated rings. The van der Waals surface area contributed by atoms with E-state index in [9.17, 15) is 15.0 Å². The van der Waals surface area contributed by atoms with E-state index in [1.165, 1.54) is 25.7 Å². The van der Waals surface area contributed by atoms with Gasteiger partial charge in [-0.1, -0.05) is 58.6 Å². The maximum absolute atomic E-state index is 12.4. The Morgan fingerprint density at radius 3 is 2.64 bits per heavy atom. The zero-order chi connectivity index (χ0) is 20.7. The van der Waals surface area contributed by atoms with E-state index in [-0.39, 0.29) is 36.1 Å². The van der Waals surface area contributed by atoms with Crippen molar-refractivity contribution >= 4 is 5.91 Å². The Bertz CT molecular complexity index is 643. The number of nitrogens with zero attached hydrogens (tertiary/aromatic N) is 1. The summed E-state index contributed by atoms with van der Waals surface area (Å²) in [5.41, 5.74) is 1.74. The zero-order valence-electron chi connectivity index (χ0n) is 17.7. The number of phenols is 1. The normalized spacial score (nSPS) is 20.4. The van der Waals surface area contributed by atoms with Gasteiger partial charge in [0, 0.05) is 18.5 Å². The standard InChI is InChI=1S/C23H37NO4/c1-4-5-6-7-12-23(2,3)17-8-9-19(21(27)15-17)20-16-18(26)10-13-24(20)22(28)11-14-25/h8-9,15,18,20,25-27H,4-7,10-14,16H2,1-3H3/t18-,20+/m0/s1. The zero-order valence-corrected chi connectivity index (χ0v) is 17.7. The summed E-state index contributed by atoms with van der Waals surface area (Å²) in [6.07, 6.45) is 6.44. The first-order chi connectivity index (χ1) is 13.3. The van der Waals surface area contributed by atoms with Gasteiger partial charge in [0.15, 0.2) is 0 Å². The number of hydrogen-bond donors (Lipinski definition) is 3. The summed E-state index contributed by atoms with van der Waals surface area (Å²) in [6.45, 7) is 6.86. The van der Waals surface area contributed by atoms with Gasteiger partial charge in [-0.25, -0.2) is 0 Å². The molecular weight excluding hydrogens is 354 g/mol. The van der Waals surface area contributed by atoms with E-state index in [1.807, 2.05) is 18.2 Å². The molecular formula is C23H37NO4. The SMILES string of the molecule is CCCCCCC(C)(C)c1ccc([C@H]2C[C@@H](O)CCN2C(=O)CCO)c(O)c1. The van der Waals surface area contributed by atoms with Crippen LogP contribution in [0.1, 0.15) is 89.3 Å². The van der Waals surface area contributed by atoms with Crippen molar-refractivity contribution in [1.29, 1.82) is 0 Å². The van der Waals surface area contributed by atoms with Gasteiger partial charge < -0.3 is 20.2 Å². The largest absolute Gasteiger partial charge is 0.508 e. The van der Waals surface area contributed by atoms with Crippen molar-refractivity contribution in [2.45, 2.75) is 89.7 Å². The molecule has 1 aromatic rings. The van der Waals surface area contributed by atoms with E-state index in [4.69, 9.17) is 5.11 Å². The Hall–Kier alpha value is -1.59. The number of aromatic hydroxyl groups is 1. The topological polar surface area (TPSA) is 81.0 Å². The molecule has 3 N–H and O–H groups in total. The van der Waals surface area contributed by atoms with Crippen molar-refractivity contribution in [3.63, 3.8) is 0 Å². The van der Waals surface area contributed by atoms with Gasteiger partial charge in [0.25, 0.3) is 0 Å². The number of aliphatic hydroxyl groups is 2. The van der Waals surface area contributed by atoms with Crippen LogP contribution < -0.4 is 0 Å². The van der Waals surface area contributed by atoms with Gasteiger partial charge >= 0.3 is 0 Å². The molecule has 0 unspecified atom stereocenters. The molecule has 0 radical (unpaired) electrons. The highest BCUT2D eigenvalue weighted by Crippen LogP contribution is 2.39. The molecule has 2 rings (SSSR count). The van der Waals surface area contributed by atoms with Gasteiger partial charge in [-0.3, -0.25) is 4.79 Å². The molecule has 0 aliphatic carbocycles. The Labute approximate surface area is 169 Å². The summed E-state index contributed by atoms with van der Waals surface area (Å²) in [5, 5.41) is 30.0. The van der Waals surface area contributed by atoms with Crippen molar-refractivity contribution < 1.29 is 20.1 Å². The summed E-state index contributed by atoms with van der Waals surface area (Å²) in [5.74, 6) is 0.0409. The molecule has 0 bridgehead atoms. The van der Waals surface area contributed by atoms with Crippen LogP contribution in [0.25, 0.3) is 0 Å². The number of carbonyl (C=O) groups excluding carboxylic acids is 1. The number of phenolic OH excluding ortho intramolecular Hbond substituents is 1. The second kappa shape index (κ2) is 10.3. The number of rotatable bonds is 9. The molecule has 28 heavy (non-hydrogen) atoms. The van der Waals surface area contributed by atoms with Crippen LogP contribution >= 0.6 is 0 Å². The summed E-state index contributed by atoms with van der Waals surface area (Å²) in [6, 6.07) is 5.42. The summed E-state index contributed by atoms with van der Waals surface area (Å²) in [4.78, 5) is 14.1. The molecule has 0 aromatic heterocycles. The highest BCUT2D eigenvalue weighted by Gasteiger charge is 2.33. The van der Waals surface area contributed by atoms with Crippen molar-refractivity contribution in [3.8, 4) is 5.75 Å². The summed E-state index contributed by atoms with van der Waals surface area (Å²) >= 11 is 0. The smallest absolute Gasteiger partial charge is 0.225 e. The average molecular weight is 392 g/mol. The first-order valence-corrected chi connectivity index (χ1v) is 10.7. The number of benzene rings is 1. The number of hydrogen-bond acceptors (Lipinski definition) is 4. The maximum atomic E-state index is 12.4. The van der Waals surface area contributed by atoms with E-state index in [0.717, 1.165) is 12.0 Å². The van der Waals surface area contributed by atoms with Gasteiger partial charge in [0.1, 0.15) is 5.75 Å². The Morgan fingerprint density at radius 1 is 1.25 bits per heavy atom. The summed E-state index contributed by atoms with van der Waals surface area (Å²) < 4.78 is 0. The molecule has 0 spiro atoms. The van der Waals surface area contributed by atoms with E-state index in [1.54, 1.807) is 4.90 Å². The molecule has 1 heterocycles. The predicted octanol–water partition coefficient (Wildman–Crippen LogP) is 4.05. The quantitative estimate of drug-likeness (QED) is 0.555. The van der Waals surface area contributed by atoms with Crippen LogP contribution in [-0.4, -0.2) is 45.4 Å². The van der Waals surface area contributed by atoms with E-state index < -0.39 is 6.10 Å². The fourth-order valence-electron chi connectivity index (χ4n) is 4.16. The third-order valence-corrected chi connectivity index (χ3v) is 6.05. The third-order valence-electron chi connectivity index (χ3n) is 6.05. The fourth-order valence-corrected chi connectivity index (χ4v) is 4.16. The first-order valence-electron chi connectivity index (χ1n) is 10.7. The monoisotopic (exact) mass is 391 g/mol. The predicted molar refractivity (Wildman–Crippen MR) is 111 cm³/mol. The lowest BCUT2D eigenvalue weighted by atomic mass is 9.79. The number of unbranched alkanes of at least 4 members (excludes halogenated alkanes) is 3. The van der Waals surface area contributed by atoms with Crippen molar-refractivity contribution in [2.75, 3.05) is 13.2 Å². The van der Waals surface area contributed by atoms with Crippen LogP contribution in [0, 0.1) is 0 Å². The molecule has 5 heteroatoms. The maximum Gasteiger partial charge on any atom is 0.225 e. The second-order valence-electron chi connectivity index (χ2n) is 8.72. The van der Waals surface area contributed by atoms with Crippen LogP contribution in [0.4, 0.5) is 0 Å². The molecule has 1 aliphatic heterocycles. The van der Waals surface area contributed by atoms with Crippen LogP contribution in [-0.2, 0) is 10.2 Å². The van der Waals surface area contributed by atoms with E-state index in [0.29, 0.717) is 24.9 Å². The lowest BCUT2D eigenvalue weighted by Gasteiger charge is -2.38. The van der Waals surface area contributed by atoms with Crippen molar-refractivity contribution in [2.24, 2.45) is 0 Å².